The normalized spacial score (nSPS) is 18.8. The van der Waals surface area contributed by atoms with E-state index in [1.54, 1.807) is 6.20 Å². The molecule has 158 valence electrons. The third kappa shape index (κ3) is 4.56. The second-order valence-electron chi connectivity index (χ2n) is 7.46. The first-order valence-electron chi connectivity index (χ1n) is 9.64. The second-order valence-corrected chi connectivity index (χ2v) is 8.07. The van der Waals surface area contributed by atoms with Crippen LogP contribution in [0.3, 0.4) is 0 Å². The van der Waals surface area contributed by atoms with Gasteiger partial charge in [0.05, 0.1) is 17.9 Å². The third-order valence-corrected chi connectivity index (χ3v) is 5.65. The first-order valence-corrected chi connectivity index (χ1v) is 10.1. The van der Waals surface area contributed by atoms with Crippen molar-refractivity contribution in [1.29, 1.82) is 0 Å². The number of carbonyl (C=O) groups is 1. The van der Waals surface area contributed by atoms with Crippen molar-refractivity contribution in [2.24, 2.45) is 5.92 Å². The Labute approximate surface area is 176 Å². The van der Waals surface area contributed by atoms with E-state index in [0.717, 1.165) is 34.3 Å². The predicted octanol–water partition coefficient (Wildman–Crippen LogP) is 5.76. The van der Waals surface area contributed by atoms with Crippen LogP contribution in [-0.4, -0.2) is 22.9 Å². The van der Waals surface area contributed by atoms with Crippen LogP contribution in [0.4, 0.5) is 18.9 Å². The second kappa shape index (κ2) is 8.22. The largest absolute Gasteiger partial charge is 0.493 e. The Kier molecular flexibility index (Phi) is 5.64. The minimum absolute atomic E-state index is 0.0242. The Morgan fingerprint density at radius 1 is 1.17 bits per heavy atom. The molecule has 1 saturated carbocycles. The van der Waals surface area contributed by atoms with Gasteiger partial charge in [-0.05, 0) is 54.8 Å². The lowest BCUT2D eigenvalue weighted by Crippen LogP contribution is -2.34. The van der Waals surface area contributed by atoms with Gasteiger partial charge in [-0.1, -0.05) is 6.07 Å². The molecule has 1 aliphatic carbocycles. The molecule has 2 N–H and O–H groups in total. The van der Waals surface area contributed by atoms with Crippen molar-refractivity contribution in [2.45, 2.75) is 30.8 Å². The van der Waals surface area contributed by atoms with E-state index in [0.29, 0.717) is 31.6 Å². The maximum atomic E-state index is 12.6. The standard InChI is InChI=1S/C22H20ClF3N2O2/c23-16-10-14(11-16)21(29)28-20-12-27-19-6-1-13(9-18(19)20)7-8-30-17-4-2-15(3-5-17)22(24,25)26/h1-6,9,12,14,16,27H,7-8,10-11H2,(H,28,29). The highest BCUT2D eigenvalue weighted by Gasteiger charge is 2.33. The van der Waals surface area contributed by atoms with Gasteiger partial charge < -0.3 is 15.0 Å². The van der Waals surface area contributed by atoms with Gasteiger partial charge in [0.15, 0.2) is 0 Å². The number of aromatic amines is 1. The first-order chi connectivity index (χ1) is 14.3. The molecule has 1 amide bonds. The van der Waals surface area contributed by atoms with Crippen LogP contribution in [0.25, 0.3) is 10.9 Å². The summed E-state index contributed by atoms with van der Waals surface area (Å²) < 4.78 is 43.4. The lowest BCUT2D eigenvalue weighted by Gasteiger charge is -2.29. The third-order valence-electron chi connectivity index (χ3n) is 5.30. The Morgan fingerprint density at radius 2 is 1.90 bits per heavy atom. The van der Waals surface area contributed by atoms with Gasteiger partial charge in [-0.3, -0.25) is 4.79 Å². The molecular weight excluding hydrogens is 417 g/mol. The van der Waals surface area contributed by atoms with Gasteiger partial charge in [-0.2, -0.15) is 13.2 Å². The van der Waals surface area contributed by atoms with Crippen LogP contribution in [0.15, 0.2) is 48.7 Å². The molecule has 0 spiro atoms. The number of benzene rings is 2. The quantitative estimate of drug-likeness (QED) is 0.482. The lowest BCUT2D eigenvalue weighted by atomic mass is 9.84. The fourth-order valence-electron chi connectivity index (χ4n) is 3.45. The topological polar surface area (TPSA) is 54.1 Å². The highest BCUT2D eigenvalue weighted by atomic mass is 35.5. The average molecular weight is 437 g/mol. The van der Waals surface area contributed by atoms with Gasteiger partial charge in [0.25, 0.3) is 0 Å². The van der Waals surface area contributed by atoms with E-state index < -0.39 is 11.7 Å². The van der Waals surface area contributed by atoms with Gasteiger partial charge in [0.2, 0.25) is 5.91 Å². The number of H-pyrrole nitrogens is 1. The molecule has 8 heteroatoms. The summed E-state index contributed by atoms with van der Waals surface area (Å²) in [6.07, 6.45) is -0.625. The molecule has 0 unspecified atom stereocenters. The lowest BCUT2D eigenvalue weighted by molar-refractivity contribution is -0.137. The zero-order valence-corrected chi connectivity index (χ0v) is 16.7. The summed E-state index contributed by atoms with van der Waals surface area (Å²) in [6, 6.07) is 10.5. The molecule has 1 heterocycles. The molecule has 0 bridgehead atoms. The van der Waals surface area contributed by atoms with Crippen molar-refractivity contribution in [1.82, 2.24) is 4.98 Å². The van der Waals surface area contributed by atoms with Crippen LogP contribution in [0.1, 0.15) is 24.0 Å². The molecule has 0 saturated heterocycles. The van der Waals surface area contributed by atoms with Crippen LogP contribution in [-0.2, 0) is 17.4 Å². The molecule has 30 heavy (non-hydrogen) atoms. The van der Waals surface area contributed by atoms with Crippen LogP contribution in [0.5, 0.6) is 5.75 Å². The summed E-state index contributed by atoms with van der Waals surface area (Å²) in [7, 11) is 0. The van der Waals surface area contributed by atoms with E-state index in [1.807, 2.05) is 18.2 Å². The van der Waals surface area contributed by atoms with E-state index in [-0.39, 0.29) is 17.2 Å². The van der Waals surface area contributed by atoms with Gasteiger partial charge in [-0.15, -0.1) is 11.6 Å². The number of alkyl halides is 4. The zero-order valence-electron chi connectivity index (χ0n) is 15.9. The highest BCUT2D eigenvalue weighted by molar-refractivity contribution is 6.21. The Balaban J connectivity index is 1.37. The number of fused-ring (bicyclic) bond motifs is 1. The number of hydrogen-bond donors (Lipinski definition) is 2. The molecule has 4 rings (SSSR count). The zero-order chi connectivity index (χ0) is 21.3. The van der Waals surface area contributed by atoms with Crippen molar-refractivity contribution in [3.8, 4) is 5.75 Å². The minimum atomic E-state index is -4.36. The average Bonchev–Trinajstić information content (AvgIpc) is 3.07. The number of nitrogens with one attached hydrogen (secondary N) is 2. The van der Waals surface area contributed by atoms with E-state index in [1.165, 1.54) is 12.1 Å². The van der Waals surface area contributed by atoms with E-state index in [9.17, 15) is 18.0 Å². The first kappa shape index (κ1) is 20.6. The summed E-state index contributed by atoms with van der Waals surface area (Å²) >= 11 is 5.96. The molecule has 0 atom stereocenters. The van der Waals surface area contributed by atoms with Crippen LogP contribution in [0.2, 0.25) is 0 Å². The van der Waals surface area contributed by atoms with Crippen LogP contribution >= 0.6 is 11.6 Å². The number of ether oxygens (including phenoxy) is 1. The Bertz CT molecular complexity index is 1040. The van der Waals surface area contributed by atoms with Crippen molar-refractivity contribution in [3.05, 3.63) is 59.8 Å². The number of carbonyl (C=O) groups excluding carboxylic acids is 1. The molecule has 0 radical (unpaired) electrons. The Hall–Kier alpha value is -2.67. The smallest absolute Gasteiger partial charge is 0.416 e. The maximum absolute atomic E-state index is 12.6. The monoisotopic (exact) mass is 436 g/mol. The van der Waals surface area contributed by atoms with Gasteiger partial charge in [0, 0.05) is 34.8 Å². The fourth-order valence-corrected chi connectivity index (χ4v) is 3.88. The summed E-state index contributed by atoms with van der Waals surface area (Å²) in [5, 5.41) is 3.95. The molecule has 1 aliphatic rings. The number of halogens is 4. The van der Waals surface area contributed by atoms with Crippen LogP contribution in [0, 0.1) is 5.92 Å². The SMILES string of the molecule is O=C(Nc1c[nH]c2ccc(CCOc3ccc(C(F)(F)F)cc3)cc12)C1CC(Cl)C1. The number of amides is 1. The fraction of sp³-hybridized carbons (Fsp3) is 0.318. The summed E-state index contributed by atoms with van der Waals surface area (Å²) in [5.41, 5.74) is 1.92. The Morgan fingerprint density at radius 3 is 2.57 bits per heavy atom. The number of aromatic nitrogens is 1. The molecule has 4 nitrogen and oxygen atoms in total. The number of anilines is 1. The summed E-state index contributed by atoms with van der Waals surface area (Å²) in [4.78, 5) is 15.4. The van der Waals surface area contributed by atoms with Crippen molar-refractivity contribution < 1.29 is 22.7 Å². The van der Waals surface area contributed by atoms with Gasteiger partial charge in [0.1, 0.15) is 5.75 Å². The molecule has 1 fully saturated rings. The van der Waals surface area contributed by atoms with Crippen molar-refractivity contribution >= 4 is 34.1 Å². The van der Waals surface area contributed by atoms with Gasteiger partial charge in [-0.25, -0.2) is 0 Å². The summed E-state index contributed by atoms with van der Waals surface area (Å²) in [6.45, 7) is 0.322. The number of rotatable bonds is 6. The maximum Gasteiger partial charge on any atom is 0.416 e. The van der Waals surface area contributed by atoms with E-state index in [4.69, 9.17) is 16.3 Å². The van der Waals surface area contributed by atoms with E-state index in [2.05, 4.69) is 10.3 Å². The molecule has 2 aromatic carbocycles. The van der Waals surface area contributed by atoms with Crippen molar-refractivity contribution in [2.75, 3.05) is 11.9 Å². The summed E-state index contributed by atoms with van der Waals surface area (Å²) in [5.74, 6) is 0.318. The van der Waals surface area contributed by atoms with E-state index >= 15 is 0 Å². The molecule has 3 aromatic rings. The van der Waals surface area contributed by atoms with Gasteiger partial charge >= 0.3 is 6.18 Å². The minimum Gasteiger partial charge on any atom is -0.493 e. The molecular formula is C22H20ClF3N2O2. The van der Waals surface area contributed by atoms with Crippen LogP contribution < -0.4 is 10.1 Å². The molecule has 1 aromatic heterocycles. The molecule has 0 aliphatic heterocycles. The number of hydrogen-bond acceptors (Lipinski definition) is 2. The predicted molar refractivity (Wildman–Crippen MR) is 110 cm³/mol. The highest BCUT2D eigenvalue weighted by Crippen LogP contribution is 2.34. The van der Waals surface area contributed by atoms with Crippen molar-refractivity contribution in [3.63, 3.8) is 0 Å².